The zero-order valence-electron chi connectivity index (χ0n) is 18.2. The van der Waals surface area contributed by atoms with Crippen LogP contribution >= 0.6 is 0 Å². The molecule has 0 saturated carbocycles. The van der Waals surface area contributed by atoms with Gasteiger partial charge in [0.25, 0.3) is 0 Å². The molecule has 2 N–H and O–H groups in total. The largest absolute Gasteiger partial charge is 0.444 e. The molecule has 30 heavy (non-hydrogen) atoms. The van der Waals surface area contributed by atoms with E-state index in [0.717, 1.165) is 49.5 Å². The normalized spacial score (nSPS) is 16.8. The van der Waals surface area contributed by atoms with Crippen LogP contribution in [0, 0.1) is 0 Å². The summed E-state index contributed by atoms with van der Waals surface area (Å²) in [6.07, 6.45) is -0.890. The number of piperazine rings is 1. The molecule has 0 aliphatic carbocycles. The van der Waals surface area contributed by atoms with E-state index in [2.05, 4.69) is 21.2 Å². The van der Waals surface area contributed by atoms with E-state index in [0.29, 0.717) is 6.54 Å². The van der Waals surface area contributed by atoms with Crippen molar-refractivity contribution < 1.29 is 14.6 Å². The number of rotatable bonds is 6. The molecule has 1 aliphatic heterocycles. The SMILES string of the molecule is CC(C)(C)OC(=O)Nc1cccc(CN2CCN(CC(O)c3ccccc3)CC2)c1. The summed E-state index contributed by atoms with van der Waals surface area (Å²) in [7, 11) is 0. The molecule has 6 heteroatoms. The third kappa shape index (κ3) is 7.13. The standard InChI is InChI=1S/C24H33N3O3/c1-24(2,3)30-23(29)25-21-11-7-8-19(16-21)17-26-12-14-27(15-13-26)18-22(28)20-9-5-4-6-10-20/h4-11,16,22,28H,12-15,17-18H2,1-3H3,(H,25,29). The molecule has 1 saturated heterocycles. The number of aliphatic hydroxyl groups is 1. The van der Waals surface area contributed by atoms with Crippen molar-refractivity contribution in [2.45, 2.75) is 39.0 Å². The first-order valence-electron chi connectivity index (χ1n) is 10.6. The summed E-state index contributed by atoms with van der Waals surface area (Å²) in [5, 5.41) is 13.3. The van der Waals surface area contributed by atoms with Gasteiger partial charge in [-0.05, 0) is 44.0 Å². The Kier molecular flexibility index (Phi) is 7.48. The van der Waals surface area contributed by atoms with Crippen LogP contribution < -0.4 is 5.32 Å². The van der Waals surface area contributed by atoms with Gasteiger partial charge in [-0.2, -0.15) is 0 Å². The second kappa shape index (κ2) is 10.1. The number of aliphatic hydroxyl groups excluding tert-OH is 1. The molecule has 1 fully saturated rings. The lowest BCUT2D eigenvalue weighted by molar-refractivity contribution is 0.0635. The Morgan fingerprint density at radius 2 is 1.70 bits per heavy atom. The van der Waals surface area contributed by atoms with Crippen molar-refractivity contribution >= 4 is 11.8 Å². The lowest BCUT2D eigenvalue weighted by Gasteiger charge is -2.35. The van der Waals surface area contributed by atoms with E-state index in [1.807, 2.05) is 69.3 Å². The minimum atomic E-state index is -0.518. The topological polar surface area (TPSA) is 65.0 Å². The minimum absolute atomic E-state index is 0.440. The van der Waals surface area contributed by atoms with E-state index in [9.17, 15) is 9.90 Å². The average molecular weight is 412 g/mol. The molecular formula is C24H33N3O3. The van der Waals surface area contributed by atoms with Crippen LogP contribution in [0.15, 0.2) is 54.6 Å². The lowest BCUT2D eigenvalue weighted by Crippen LogP contribution is -2.47. The van der Waals surface area contributed by atoms with Gasteiger partial charge < -0.3 is 9.84 Å². The minimum Gasteiger partial charge on any atom is -0.444 e. The zero-order chi connectivity index (χ0) is 21.6. The molecule has 0 bridgehead atoms. The highest BCUT2D eigenvalue weighted by atomic mass is 16.6. The molecule has 162 valence electrons. The predicted molar refractivity (Wildman–Crippen MR) is 119 cm³/mol. The maximum Gasteiger partial charge on any atom is 0.412 e. The Hall–Kier alpha value is -2.41. The van der Waals surface area contributed by atoms with Crippen molar-refractivity contribution in [2.24, 2.45) is 0 Å². The maximum absolute atomic E-state index is 12.0. The molecular weight excluding hydrogens is 378 g/mol. The van der Waals surface area contributed by atoms with Gasteiger partial charge in [-0.1, -0.05) is 42.5 Å². The molecule has 1 atom stereocenters. The highest BCUT2D eigenvalue weighted by Gasteiger charge is 2.20. The summed E-state index contributed by atoms with van der Waals surface area (Å²) in [6.45, 7) is 10.8. The summed E-state index contributed by atoms with van der Waals surface area (Å²) in [5.41, 5.74) is 2.34. The highest BCUT2D eigenvalue weighted by molar-refractivity contribution is 5.84. The first-order valence-corrected chi connectivity index (χ1v) is 10.6. The summed E-state index contributed by atoms with van der Waals surface area (Å²) in [5.74, 6) is 0. The summed E-state index contributed by atoms with van der Waals surface area (Å²) in [6, 6.07) is 17.7. The summed E-state index contributed by atoms with van der Waals surface area (Å²) >= 11 is 0. The van der Waals surface area contributed by atoms with Gasteiger partial charge in [0.05, 0.1) is 6.10 Å². The van der Waals surface area contributed by atoms with Gasteiger partial charge in [-0.15, -0.1) is 0 Å². The highest BCUT2D eigenvalue weighted by Crippen LogP contribution is 2.18. The van der Waals surface area contributed by atoms with Crippen LogP contribution in [0.25, 0.3) is 0 Å². The number of carbonyl (C=O) groups is 1. The van der Waals surface area contributed by atoms with Crippen LogP contribution in [-0.2, 0) is 11.3 Å². The number of hydrogen-bond donors (Lipinski definition) is 2. The Labute approximate surface area is 179 Å². The molecule has 0 aromatic heterocycles. The van der Waals surface area contributed by atoms with Crippen LogP contribution in [0.5, 0.6) is 0 Å². The van der Waals surface area contributed by atoms with Crippen molar-refractivity contribution in [2.75, 3.05) is 38.0 Å². The molecule has 0 radical (unpaired) electrons. The number of hydrogen-bond acceptors (Lipinski definition) is 5. The Bertz CT molecular complexity index is 812. The van der Waals surface area contributed by atoms with Crippen LogP contribution in [0.3, 0.4) is 0 Å². The second-order valence-electron chi connectivity index (χ2n) is 8.83. The molecule has 1 heterocycles. The summed E-state index contributed by atoms with van der Waals surface area (Å²) < 4.78 is 5.32. The fourth-order valence-corrected chi connectivity index (χ4v) is 3.58. The Morgan fingerprint density at radius 3 is 2.37 bits per heavy atom. The van der Waals surface area contributed by atoms with Crippen molar-refractivity contribution in [1.82, 2.24) is 9.80 Å². The fraction of sp³-hybridized carbons (Fsp3) is 0.458. The number of amides is 1. The number of ether oxygens (including phenoxy) is 1. The first-order chi connectivity index (χ1) is 14.3. The van der Waals surface area contributed by atoms with Crippen molar-refractivity contribution in [3.05, 3.63) is 65.7 Å². The Balaban J connectivity index is 1.46. The van der Waals surface area contributed by atoms with Crippen molar-refractivity contribution in [3.63, 3.8) is 0 Å². The van der Waals surface area contributed by atoms with Crippen LogP contribution in [0.2, 0.25) is 0 Å². The van der Waals surface area contributed by atoms with Crippen LogP contribution in [0.1, 0.15) is 38.0 Å². The molecule has 2 aromatic rings. The van der Waals surface area contributed by atoms with Crippen LogP contribution in [0.4, 0.5) is 10.5 Å². The van der Waals surface area contributed by atoms with E-state index in [-0.39, 0.29) is 0 Å². The number of anilines is 1. The number of nitrogens with zero attached hydrogens (tertiary/aromatic N) is 2. The first kappa shape index (κ1) is 22.3. The predicted octanol–water partition coefficient (Wildman–Crippen LogP) is 3.88. The zero-order valence-corrected chi connectivity index (χ0v) is 18.2. The molecule has 3 rings (SSSR count). The molecule has 6 nitrogen and oxygen atoms in total. The lowest BCUT2D eigenvalue weighted by atomic mass is 10.1. The van der Waals surface area contributed by atoms with E-state index < -0.39 is 17.8 Å². The van der Waals surface area contributed by atoms with E-state index in [1.54, 1.807) is 0 Å². The van der Waals surface area contributed by atoms with E-state index in [4.69, 9.17) is 4.74 Å². The quantitative estimate of drug-likeness (QED) is 0.755. The van der Waals surface area contributed by atoms with E-state index in [1.165, 1.54) is 0 Å². The molecule has 0 spiro atoms. The monoisotopic (exact) mass is 411 g/mol. The molecule has 1 unspecified atom stereocenters. The van der Waals surface area contributed by atoms with Gasteiger partial charge in [-0.3, -0.25) is 15.1 Å². The summed E-state index contributed by atoms with van der Waals surface area (Å²) in [4.78, 5) is 16.7. The van der Waals surface area contributed by atoms with Gasteiger partial charge in [0, 0.05) is 45.0 Å². The molecule has 1 aliphatic rings. The average Bonchev–Trinajstić information content (AvgIpc) is 2.69. The van der Waals surface area contributed by atoms with Crippen LogP contribution in [-0.4, -0.2) is 59.3 Å². The third-order valence-electron chi connectivity index (χ3n) is 5.06. The van der Waals surface area contributed by atoms with Crippen molar-refractivity contribution in [3.8, 4) is 0 Å². The van der Waals surface area contributed by atoms with Gasteiger partial charge in [0.2, 0.25) is 0 Å². The smallest absolute Gasteiger partial charge is 0.412 e. The number of carbonyl (C=O) groups excluding carboxylic acids is 1. The van der Waals surface area contributed by atoms with Gasteiger partial charge in [0.15, 0.2) is 0 Å². The second-order valence-corrected chi connectivity index (χ2v) is 8.83. The van der Waals surface area contributed by atoms with E-state index >= 15 is 0 Å². The third-order valence-corrected chi connectivity index (χ3v) is 5.06. The number of benzene rings is 2. The van der Waals surface area contributed by atoms with Gasteiger partial charge >= 0.3 is 6.09 Å². The fourth-order valence-electron chi connectivity index (χ4n) is 3.58. The van der Waals surface area contributed by atoms with Crippen molar-refractivity contribution in [1.29, 1.82) is 0 Å². The number of nitrogens with one attached hydrogen (secondary N) is 1. The maximum atomic E-state index is 12.0. The molecule has 1 amide bonds. The number of β-amino-alcohol motifs (C(OH)–C–C–N with tert-alkyl or cyclic N) is 1. The van der Waals surface area contributed by atoms with Gasteiger partial charge in [-0.25, -0.2) is 4.79 Å². The Morgan fingerprint density at radius 1 is 1.03 bits per heavy atom. The molecule has 2 aromatic carbocycles. The van der Waals surface area contributed by atoms with Gasteiger partial charge in [0.1, 0.15) is 5.60 Å².